The van der Waals surface area contributed by atoms with Gasteiger partial charge >= 0.3 is 0 Å². The number of anilines is 2. The summed E-state index contributed by atoms with van der Waals surface area (Å²) in [6.07, 6.45) is 3.16. The zero-order valence-corrected chi connectivity index (χ0v) is 20.9. The van der Waals surface area contributed by atoms with E-state index in [0.717, 1.165) is 35.7 Å². The third-order valence-electron chi connectivity index (χ3n) is 6.15. The van der Waals surface area contributed by atoms with Gasteiger partial charge in [0.25, 0.3) is 11.8 Å². The van der Waals surface area contributed by atoms with Crippen molar-refractivity contribution >= 4 is 34.0 Å². The van der Waals surface area contributed by atoms with Crippen molar-refractivity contribution in [2.24, 2.45) is 0 Å². The normalized spacial score (nSPS) is 10.7. The van der Waals surface area contributed by atoms with Crippen molar-refractivity contribution in [2.45, 2.75) is 33.1 Å². The summed E-state index contributed by atoms with van der Waals surface area (Å²) >= 11 is 0. The van der Waals surface area contributed by atoms with Gasteiger partial charge in [-0.15, -0.1) is 0 Å². The van der Waals surface area contributed by atoms with Crippen molar-refractivity contribution in [1.29, 1.82) is 0 Å². The Kier molecular flexibility index (Phi) is 8.35. The van der Waals surface area contributed by atoms with Crippen LogP contribution < -0.4 is 15.0 Å². The first-order valence-corrected chi connectivity index (χ1v) is 12.5. The van der Waals surface area contributed by atoms with Crippen LogP contribution >= 0.6 is 0 Å². The van der Waals surface area contributed by atoms with Gasteiger partial charge in [-0.25, -0.2) is 0 Å². The Morgan fingerprint density at radius 2 is 1.53 bits per heavy atom. The second-order valence-electron chi connectivity index (χ2n) is 8.63. The number of para-hydroxylation sites is 1. The molecule has 36 heavy (non-hydrogen) atoms. The molecule has 0 saturated heterocycles. The van der Waals surface area contributed by atoms with Gasteiger partial charge in [-0.2, -0.15) is 0 Å². The maximum Gasteiger partial charge on any atom is 0.259 e. The summed E-state index contributed by atoms with van der Waals surface area (Å²) in [7, 11) is 0. The van der Waals surface area contributed by atoms with Crippen molar-refractivity contribution in [3.8, 4) is 5.75 Å². The molecule has 2 amide bonds. The highest BCUT2D eigenvalue weighted by molar-refractivity contribution is 6.11. The fourth-order valence-corrected chi connectivity index (χ4v) is 4.23. The molecule has 0 spiro atoms. The summed E-state index contributed by atoms with van der Waals surface area (Å²) in [5, 5.41) is 5.05. The zero-order valence-electron chi connectivity index (χ0n) is 20.9. The Morgan fingerprint density at radius 3 is 2.31 bits per heavy atom. The minimum atomic E-state index is -0.244. The smallest absolute Gasteiger partial charge is 0.259 e. The lowest BCUT2D eigenvalue weighted by Crippen LogP contribution is -2.30. The number of amides is 2. The Hall–Kier alpha value is -4.12. The lowest BCUT2D eigenvalue weighted by atomic mass is 10.1. The van der Waals surface area contributed by atoms with Gasteiger partial charge in [-0.1, -0.05) is 68.3 Å². The van der Waals surface area contributed by atoms with Crippen LogP contribution in [0, 0.1) is 0 Å². The monoisotopic (exact) mass is 480 g/mol. The molecule has 4 rings (SSSR count). The minimum Gasteiger partial charge on any atom is -0.493 e. The summed E-state index contributed by atoms with van der Waals surface area (Å²) in [5.41, 5.74) is 2.55. The number of nitrogens with one attached hydrogen (secondary N) is 1. The second kappa shape index (κ2) is 12.0. The van der Waals surface area contributed by atoms with E-state index in [1.807, 2.05) is 67.6 Å². The van der Waals surface area contributed by atoms with Crippen LogP contribution in [0.4, 0.5) is 11.4 Å². The Labute approximate surface area is 212 Å². The molecule has 4 aromatic carbocycles. The largest absolute Gasteiger partial charge is 0.493 e. The standard InChI is InChI=1S/C31H32N2O3/c1-3-5-10-22-36-29-17-9-8-15-27(29)30(34)32-25-20-18-24(19-21-25)31(35)33(4-2)28-16-11-13-23-12-6-7-14-26(23)28/h6-9,11-21H,3-5,10,22H2,1-2H3,(H,32,34). The van der Waals surface area contributed by atoms with E-state index in [-0.39, 0.29) is 11.8 Å². The summed E-state index contributed by atoms with van der Waals surface area (Å²) in [6.45, 7) is 5.24. The maximum absolute atomic E-state index is 13.4. The van der Waals surface area contributed by atoms with Gasteiger partial charge in [0.2, 0.25) is 0 Å². The van der Waals surface area contributed by atoms with E-state index in [4.69, 9.17) is 4.74 Å². The molecule has 0 radical (unpaired) electrons. The molecule has 1 N–H and O–H groups in total. The van der Waals surface area contributed by atoms with Crippen molar-refractivity contribution in [3.05, 3.63) is 102 Å². The molecule has 0 aliphatic rings. The molecule has 0 aliphatic heterocycles. The van der Waals surface area contributed by atoms with Crippen LogP contribution in [-0.4, -0.2) is 25.0 Å². The minimum absolute atomic E-state index is 0.0856. The first-order valence-electron chi connectivity index (χ1n) is 12.5. The van der Waals surface area contributed by atoms with Crippen LogP contribution in [0.15, 0.2) is 91.0 Å². The van der Waals surface area contributed by atoms with E-state index in [1.165, 1.54) is 0 Å². The fraction of sp³-hybridized carbons (Fsp3) is 0.226. The summed E-state index contributed by atoms with van der Waals surface area (Å²) in [4.78, 5) is 28.1. The van der Waals surface area contributed by atoms with Crippen LogP contribution in [0.25, 0.3) is 10.8 Å². The number of benzene rings is 4. The van der Waals surface area contributed by atoms with Crippen LogP contribution in [0.3, 0.4) is 0 Å². The molecular weight excluding hydrogens is 448 g/mol. The van der Waals surface area contributed by atoms with Crippen molar-refractivity contribution < 1.29 is 14.3 Å². The summed E-state index contributed by atoms with van der Waals surface area (Å²) in [6, 6.07) is 28.3. The molecule has 0 fully saturated rings. The quantitative estimate of drug-likeness (QED) is 0.242. The first-order chi connectivity index (χ1) is 17.6. The SMILES string of the molecule is CCCCCOc1ccccc1C(=O)Nc1ccc(C(=O)N(CC)c2cccc3ccccc23)cc1. The van der Waals surface area contributed by atoms with Gasteiger partial charge in [0.1, 0.15) is 5.75 Å². The molecule has 5 nitrogen and oxygen atoms in total. The van der Waals surface area contributed by atoms with Gasteiger partial charge in [-0.05, 0) is 61.2 Å². The lowest BCUT2D eigenvalue weighted by molar-refractivity contribution is 0.0987. The van der Waals surface area contributed by atoms with Gasteiger partial charge in [-0.3, -0.25) is 9.59 Å². The number of hydrogen-bond acceptors (Lipinski definition) is 3. The Bertz CT molecular complexity index is 1330. The average Bonchev–Trinajstić information content (AvgIpc) is 2.92. The topological polar surface area (TPSA) is 58.6 Å². The molecule has 0 saturated carbocycles. The van der Waals surface area contributed by atoms with Gasteiger partial charge in [0, 0.05) is 23.2 Å². The Morgan fingerprint density at radius 1 is 0.806 bits per heavy atom. The molecular formula is C31H32N2O3. The zero-order chi connectivity index (χ0) is 25.3. The number of rotatable bonds is 10. The lowest BCUT2D eigenvalue weighted by Gasteiger charge is -2.23. The summed E-state index contributed by atoms with van der Waals surface area (Å²) < 4.78 is 5.85. The van der Waals surface area contributed by atoms with E-state index < -0.39 is 0 Å². The number of carbonyl (C=O) groups excluding carboxylic acids is 2. The highest BCUT2D eigenvalue weighted by Crippen LogP contribution is 2.28. The maximum atomic E-state index is 13.4. The van der Waals surface area contributed by atoms with Crippen LogP contribution in [0.2, 0.25) is 0 Å². The predicted molar refractivity (Wildman–Crippen MR) is 147 cm³/mol. The third kappa shape index (κ3) is 5.74. The van der Waals surface area contributed by atoms with Crippen molar-refractivity contribution in [3.63, 3.8) is 0 Å². The number of nitrogens with zero attached hydrogens (tertiary/aromatic N) is 1. The van der Waals surface area contributed by atoms with Crippen molar-refractivity contribution in [1.82, 2.24) is 0 Å². The van der Waals surface area contributed by atoms with Gasteiger partial charge < -0.3 is 15.0 Å². The molecule has 0 heterocycles. The van der Waals surface area contributed by atoms with Gasteiger partial charge in [0.05, 0.1) is 17.9 Å². The molecule has 0 aliphatic carbocycles. The van der Waals surface area contributed by atoms with Crippen LogP contribution in [0.5, 0.6) is 5.75 Å². The summed E-state index contributed by atoms with van der Waals surface area (Å²) in [5.74, 6) is 0.246. The highest BCUT2D eigenvalue weighted by Gasteiger charge is 2.18. The molecule has 0 bridgehead atoms. The van der Waals surface area contributed by atoms with Gasteiger partial charge in [0.15, 0.2) is 0 Å². The molecule has 0 aromatic heterocycles. The molecule has 5 heteroatoms. The molecule has 0 unspecified atom stereocenters. The average molecular weight is 481 g/mol. The predicted octanol–water partition coefficient (Wildman–Crippen LogP) is 7.33. The highest BCUT2D eigenvalue weighted by atomic mass is 16.5. The number of carbonyl (C=O) groups is 2. The van der Waals surface area contributed by atoms with E-state index in [1.54, 1.807) is 35.2 Å². The number of ether oxygens (including phenoxy) is 1. The number of unbranched alkanes of at least 4 members (excludes halogenated alkanes) is 2. The molecule has 0 atom stereocenters. The van der Waals surface area contributed by atoms with Crippen LogP contribution in [0.1, 0.15) is 53.8 Å². The van der Waals surface area contributed by atoms with E-state index in [2.05, 4.69) is 12.2 Å². The second-order valence-corrected chi connectivity index (χ2v) is 8.63. The van der Waals surface area contributed by atoms with E-state index in [9.17, 15) is 9.59 Å². The van der Waals surface area contributed by atoms with Crippen molar-refractivity contribution in [2.75, 3.05) is 23.4 Å². The fourth-order valence-electron chi connectivity index (χ4n) is 4.23. The third-order valence-corrected chi connectivity index (χ3v) is 6.15. The number of fused-ring (bicyclic) bond motifs is 1. The molecule has 184 valence electrons. The number of hydrogen-bond donors (Lipinski definition) is 1. The Balaban J connectivity index is 1.47. The van der Waals surface area contributed by atoms with Crippen LogP contribution in [-0.2, 0) is 0 Å². The van der Waals surface area contributed by atoms with E-state index in [0.29, 0.717) is 35.7 Å². The first kappa shape index (κ1) is 25.0. The van der Waals surface area contributed by atoms with E-state index >= 15 is 0 Å². The molecule has 4 aromatic rings.